The van der Waals surface area contributed by atoms with Gasteiger partial charge in [0.05, 0.1) is 12.8 Å². The van der Waals surface area contributed by atoms with E-state index in [1.54, 1.807) is 13.2 Å². The molecule has 6 heteroatoms. The van der Waals surface area contributed by atoms with Gasteiger partial charge in [0.25, 0.3) is 0 Å². The molecule has 0 aliphatic rings. The quantitative estimate of drug-likeness (QED) is 0.544. The number of ether oxygens (including phenoxy) is 1. The molecule has 0 fully saturated rings. The van der Waals surface area contributed by atoms with E-state index < -0.39 is 17.7 Å². The van der Waals surface area contributed by atoms with Crippen molar-refractivity contribution in [3.63, 3.8) is 0 Å². The van der Waals surface area contributed by atoms with Crippen molar-refractivity contribution >= 4 is 21.6 Å². The minimum Gasteiger partial charge on any atom is -0.497 e. The van der Waals surface area contributed by atoms with E-state index in [4.69, 9.17) is 4.74 Å². The minimum atomic E-state index is -1.06. The number of aliphatic hydroxyl groups excluding tert-OH is 1. The highest BCUT2D eigenvalue weighted by Crippen LogP contribution is 2.33. The summed E-state index contributed by atoms with van der Waals surface area (Å²) in [5, 5.41) is 13.5. The van der Waals surface area contributed by atoms with Crippen LogP contribution >= 0.6 is 15.9 Å². The fraction of sp³-hybridized carbons (Fsp3) is 0.143. The molecule has 1 unspecified atom stereocenters. The number of halogens is 3. The first-order valence-corrected chi connectivity index (χ1v) is 9.06. The van der Waals surface area contributed by atoms with Crippen LogP contribution in [0, 0.1) is 11.6 Å². The fourth-order valence-electron chi connectivity index (χ4n) is 2.67. The molecule has 3 aromatic rings. The van der Waals surface area contributed by atoms with E-state index in [0.717, 1.165) is 11.3 Å². The number of benzene rings is 3. The number of hydrogen-bond acceptors (Lipinski definition) is 3. The average molecular weight is 434 g/mol. The van der Waals surface area contributed by atoms with Gasteiger partial charge < -0.3 is 15.2 Å². The summed E-state index contributed by atoms with van der Waals surface area (Å²) in [5.41, 5.74) is 2.14. The summed E-state index contributed by atoms with van der Waals surface area (Å²) in [7, 11) is 1.60. The molecule has 27 heavy (non-hydrogen) atoms. The van der Waals surface area contributed by atoms with Gasteiger partial charge >= 0.3 is 0 Å². The van der Waals surface area contributed by atoms with Crippen LogP contribution in [0.1, 0.15) is 22.8 Å². The Labute approximate surface area is 164 Å². The Bertz CT molecular complexity index is 915. The lowest BCUT2D eigenvalue weighted by atomic mass is 10.0. The molecule has 3 nitrogen and oxygen atoms in total. The van der Waals surface area contributed by atoms with Crippen LogP contribution in [0.25, 0.3) is 0 Å². The second-order valence-electron chi connectivity index (χ2n) is 6.01. The maximum absolute atomic E-state index is 14.5. The van der Waals surface area contributed by atoms with Crippen LogP contribution in [-0.4, -0.2) is 12.2 Å². The molecule has 0 amide bonds. The van der Waals surface area contributed by atoms with Gasteiger partial charge in [-0.2, -0.15) is 0 Å². The monoisotopic (exact) mass is 433 g/mol. The summed E-state index contributed by atoms with van der Waals surface area (Å²) in [6.45, 7) is 0.438. The molecule has 0 aliphatic heterocycles. The first-order chi connectivity index (χ1) is 13.0. The predicted octanol–water partition coefficient (Wildman–Crippen LogP) is 5.43. The Morgan fingerprint density at radius 2 is 1.70 bits per heavy atom. The van der Waals surface area contributed by atoms with Crippen LogP contribution in [-0.2, 0) is 6.54 Å². The van der Waals surface area contributed by atoms with Gasteiger partial charge in [0.1, 0.15) is 23.5 Å². The molecule has 3 rings (SSSR count). The van der Waals surface area contributed by atoms with Gasteiger partial charge in [-0.3, -0.25) is 0 Å². The van der Waals surface area contributed by atoms with E-state index in [0.29, 0.717) is 27.8 Å². The van der Waals surface area contributed by atoms with Gasteiger partial charge in [0, 0.05) is 16.6 Å². The third-order valence-electron chi connectivity index (χ3n) is 4.21. The zero-order valence-electron chi connectivity index (χ0n) is 14.5. The number of anilines is 1. The molecular formula is C21H18BrF2NO2. The molecule has 140 valence electrons. The highest BCUT2D eigenvalue weighted by Gasteiger charge is 2.17. The van der Waals surface area contributed by atoms with E-state index in [1.807, 2.05) is 24.3 Å². The predicted molar refractivity (Wildman–Crippen MR) is 105 cm³/mol. The molecule has 0 saturated carbocycles. The summed E-state index contributed by atoms with van der Waals surface area (Å²) in [5.74, 6) is -0.121. The standard InChI is InChI=1S/C21H18BrF2NO2/c1-27-16-8-2-13(3-9-16)12-25-20-11-18(22)17(10-19(20)24)21(26)14-4-6-15(23)7-5-14/h2-11,21,25-26H,12H2,1H3. The Morgan fingerprint density at radius 3 is 2.33 bits per heavy atom. The zero-order valence-corrected chi connectivity index (χ0v) is 16.1. The van der Waals surface area contributed by atoms with E-state index in [-0.39, 0.29) is 0 Å². The zero-order chi connectivity index (χ0) is 19.4. The Kier molecular flexibility index (Phi) is 6.08. The van der Waals surface area contributed by atoms with Crippen molar-refractivity contribution in [3.8, 4) is 5.75 Å². The van der Waals surface area contributed by atoms with Crippen molar-refractivity contribution in [1.82, 2.24) is 0 Å². The first-order valence-electron chi connectivity index (χ1n) is 8.27. The van der Waals surface area contributed by atoms with Gasteiger partial charge in [0.2, 0.25) is 0 Å². The molecular weight excluding hydrogens is 416 g/mol. The average Bonchev–Trinajstić information content (AvgIpc) is 2.68. The number of methoxy groups -OCH3 is 1. The van der Waals surface area contributed by atoms with Crippen LogP contribution in [0.5, 0.6) is 5.75 Å². The van der Waals surface area contributed by atoms with Crippen molar-refractivity contribution in [1.29, 1.82) is 0 Å². The Morgan fingerprint density at radius 1 is 1.04 bits per heavy atom. The molecule has 0 heterocycles. The third-order valence-corrected chi connectivity index (χ3v) is 4.90. The normalized spacial score (nSPS) is 11.9. The Balaban J connectivity index is 1.76. The molecule has 3 aromatic carbocycles. The lowest BCUT2D eigenvalue weighted by Gasteiger charge is -2.16. The molecule has 1 atom stereocenters. The van der Waals surface area contributed by atoms with Crippen molar-refractivity contribution < 1.29 is 18.6 Å². The van der Waals surface area contributed by atoms with Crippen molar-refractivity contribution in [2.45, 2.75) is 12.6 Å². The second-order valence-corrected chi connectivity index (χ2v) is 6.86. The highest BCUT2D eigenvalue weighted by atomic mass is 79.9. The maximum Gasteiger partial charge on any atom is 0.146 e. The summed E-state index contributed by atoms with van der Waals surface area (Å²) in [6, 6.07) is 15.8. The lowest BCUT2D eigenvalue weighted by molar-refractivity contribution is 0.219. The van der Waals surface area contributed by atoms with Gasteiger partial charge in [-0.1, -0.05) is 40.2 Å². The van der Waals surface area contributed by atoms with Crippen LogP contribution in [0.2, 0.25) is 0 Å². The van der Waals surface area contributed by atoms with E-state index in [2.05, 4.69) is 21.2 Å². The topological polar surface area (TPSA) is 41.5 Å². The van der Waals surface area contributed by atoms with Crippen molar-refractivity contribution in [2.24, 2.45) is 0 Å². The molecule has 0 radical (unpaired) electrons. The third kappa shape index (κ3) is 4.64. The van der Waals surface area contributed by atoms with Crippen molar-refractivity contribution in [2.75, 3.05) is 12.4 Å². The maximum atomic E-state index is 14.5. The summed E-state index contributed by atoms with van der Waals surface area (Å²) in [4.78, 5) is 0. The molecule has 0 aliphatic carbocycles. The van der Waals surface area contributed by atoms with E-state index in [1.165, 1.54) is 30.3 Å². The fourth-order valence-corrected chi connectivity index (χ4v) is 3.23. The highest BCUT2D eigenvalue weighted by molar-refractivity contribution is 9.10. The van der Waals surface area contributed by atoms with Crippen LogP contribution in [0.4, 0.5) is 14.5 Å². The van der Waals surface area contributed by atoms with Gasteiger partial charge in [-0.15, -0.1) is 0 Å². The molecule has 2 N–H and O–H groups in total. The van der Waals surface area contributed by atoms with Gasteiger partial charge in [0.15, 0.2) is 0 Å². The first kappa shape index (κ1) is 19.3. The molecule has 0 aromatic heterocycles. The van der Waals surface area contributed by atoms with Gasteiger partial charge in [-0.25, -0.2) is 8.78 Å². The summed E-state index contributed by atoms with van der Waals surface area (Å²) < 4.78 is 33.2. The van der Waals surface area contributed by atoms with Crippen LogP contribution < -0.4 is 10.1 Å². The largest absolute Gasteiger partial charge is 0.497 e. The van der Waals surface area contributed by atoms with E-state index >= 15 is 0 Å². The summed E-state index contributed by atoms with van der Waals surface area (Å²) >= 11 is 3.38. The summed E-state index contributed by atoms with van der Waals surface area (Å²) in [6.07, 6.45) is -1.06. The number of nitrogens with one attached hydrogen (secondary N) is 1. The molecule has 0 saturated heterocycles. The minimum absolute atomic E-state index is 0.313. The van der Waals surface area contributed by atoms with Gasteiger partial charge in [-0.05, 0) is 47.5 Å². The molecule has 0 spiro atoms. The van der Waals surface area contributed by atoms with Crippen LogP contribution in [0.3, 0.4) is 0 Å². The lowest BCUT2D eigenvalue weighted by Crippen LogP contribution is -2.05. The number of rotatable bonds is 6. The SMILES string of the molecule is COc1ccc(CNc2cc(Br)c(C(O)c3ccc(F)cc3)cc2F)cc1. The number of aliphatic hydroxyl groups is 1. The second kappa shape index (κ2) is 8.50. The smallest absolute Gasteiger partial charge is 0.146 e. The number of hydrogen-bond donors (Lipinski definition) is 2. The van der Waals surface area contributed by atoms with Crippen molar-refractivity contribution in [3.05, 3.63) is 93.5 Å². The Hall–Kier alpha value is -2.44. The van der Waals surface area contributed by atoms with E-state index in [9.17, 15) is 13.9 Å². The van der Waals surface area contributed by atoms with Crippen LogP contribution in [0.15, 0.2) is 65.1 Å². The molecule has 0 bridgehead atoms.